The number of ether oxygens (including phenoxy) is 1. The molecule has 1 aliphatic heterocycles. The van der Waals surface area contributed by atoms with E-state index in [1.165, 1.54) is 0 Å². The van der Waals surface area contributed by atoms with E-state index in [2.05, 4.69) is 52.3 Å². The van der Waals surface area contributed by atoms with Gasteiger partial charge in [-0.05, 0) is 72.5 Å². The number of hydrogen-bond donors (Lipinski definition) is 2. The van der Waals surface area contributed by atoms with Crippen LogP contribution in [0.1, 0.15) is 56.5 Å². The van der Waals surface area contributed by atoms with Crippen molar-refractivity contribution in [2.45, 2.75) is 66.2 Å². The van der Waals surface area contributed by atoms with Crippen LogP contribution in [0.5, 0.6) is 5.75 Å². The van der Waals surface area contributed by atoms with Gasteiger partial charge >= 0.3 is 0 Å². The first-order chi connectivity index (χ1) is 15.2. The van der Waals surface area contributed by atoms with Gasteiger partial charge in [-0.2, -0.15) is 0 Å². The minimum atomic E-state index is -0.227. The maximum atomic E-state index is 6.10. The molecule has 0 saturated carbocycles. The van der Waals surface area contributed by atoms with E-state index in [1.807, 2.05) is 39.1 Å². The van der Waals surface area contributed by atoms with Gasteiger partial charge in [-0.25, -0.2) is 4.98 Å². The average molecular weight is 442 g/mol. The number of benzene rings is 1. The zero-order valence-electron chi connectivity index (χ0n) is 20.5. The van der Waals surface area contributed by atoms with E-state index in [-0.39, 0.29) is 5.60 Å². The molecule has 2 aromatic rings. The first-order valence-corrected chi connectivity index (χ1v) is 11.6. The zero-order chi connectivity index (χ0) is 23.1. The largest absolute Gasteiger partial charge is 0.488 e. The molecule has 0 bridgehead atoms. The Hall–Kier alpha value is -2.54. The molecule has 0 aliphatic carbocycles. The number of nitrogens with one attached hydrogen (secondary N) is 2. The van der Waals surface area contributed by atoms with Crippen LogP contribution in [0.3, 0.4) is 0 Å². The summed E-state index contributed by atoms with van der Waals surface area (Å²) in [6.45, 7) is 14.7. The highest BCUT2D eigenvalue weighted by Crippen LogP contribution is 2.23. The second-order valence-electron chi connectivity index (χ2n) is 9.60. The number of likely N-dealkylation sites (tertiary alicyclic amines) is 1. The van der Waals surface area contributed by atoms with Crippen molar-refractivity contribution in [2.75, 3.05) is 26.7 Å². The van der Waals surface area contributed by atoms with Crippen molar-refractivity contribution in [3.63, 3.8) is 0 Å². The molecule has 1 saturated heterocycles. The number of aryl methyl sites for hydroxylation is 2. The average Bonchev–Trinajstić information content (AvgIpc) is 3.06. The molecule has 1 fully saturated rings. The maximum Gasteiger partial charge on any atom is 0.208 e. The minimum Gasteiger partial charge on any atom is -0.488 e. The van der Waals surface area contributed by atoms with Crippen LogP contribution in [0.15, 0.2) is 33.7 Å². The molecule has 0 amide bonds. The number of aliphatic imine (C=N–C) groups is 1. The normalized spacial score (nSPS) is 16.2. The number of nitrogens with zero attached hydrogens (tertiary/aromatic N) is 3. The maximum absolute atomic E-state index is 6.10. The van der Waals surface area contributed by atoms with Gasteiger partial charge in [-0.3, -0.25) is 9.89 Å². The molecule has 1 aromatic heterocycles. The molecule has 0 atom stereocenters. The fraction of sp³-hybridized carbons (Fsp3) is 0.600. The van der Waals surface area contributed by atoms with Crippen LogP contribution < -0.4 is 15.4 Å². The topological polar surface area (TPSA) is 74.9 Å². The van der Waals surface area contributed by atoms with E-state index in [0.29, 0.717) is 12.5 Å². The summed E-state index contributed by atoms with van der Waals surface area (Å²) < 4.78 is 11.8. The summed E-state index contributed by atoms with van der Waals surface area (Å²) in [7, 11) is 1.82. The van der Waals surface area contributed by atoms with Crippen LogP contribution in [-0.2, 0) is 13.1 Å². The number of para-hydroxylation sites is 1. The Morgan fingerprint density at radius 1 is 1.19 bits per heavy atom. The van der Waals surface area contributed by atoms with Gasteiger partial charge < -0.3 is 19.8 Å². The van der Waals surface area contributed by atoms with Crippen LogP contribution in [0.2, 0.25) is 0 Å². The second-order valence-corrected chi connectivity index (χ2v) is 9.60. The van der Waals surface area contributed by atoms with Crippen LogP contribution in [0.25, 0.3) is 0 Å². The molecular formula is C25H39N5O2. The van der Waals surface area contributed by atoms with Gasteiger partial charge in [-0.1, -0.05) is 18.2 Å². The van der Waals surface area contributed by atoms with Crippen LogP contribution in [0, 0.1) is 19.8 Å². The van der Waals surface area contributed by atoms with E-state index in [9.17, 15) is 0 Å². The summed E-state index contributed by atoms with van der Waals surface area (Å²) in [5.74, 6) is 4.12. The fourth-order valence-electron chi connectivity index (χ4n) is 3.87. The molecule has 1 aromatic carbocycles. The van der Waals surface area contributed by atoms with E-state index < -0.39 is 0 Å². The lowest BCUT2D eigenvalue weighted by Crippen LogP contribution is -2.42. The third-order valence-electron chi connectivity index (χ3n) is 5.76. The van der Waals surface area contributed by atoms with Gasteiger partial charge in [0.25, 0.3) is 0 Å². The number of aromatic nitrogens is 1. The molecule has 3 rings (SSSR count). The van der Waals surface area contributed by atoms with Gasteiger partial charge in [0.15, 0.2) is 5.96 Å². The summed E-state index contributed by atoms with van der Waals surface area (Å²) >= 11 is 0. The number of rotatable bonds is 7. The molecule has 0 spiro atoms. The lowest BCUT2D eigenvalue weighted by Gasteiger charge is -2.31. The molecule has 2 N–H and O–H groups in total. The number of oxazole rings is 1. The van der Waals surface area contributed by atoms with Gasteiger partial charge in [0.1, 0.15) is 17.1 Å². The first kappa shape index (κ1) is 24.1. The van der Waals surface area contributed by atoms with E-state index in [4.69, 9.17) is 9.15 Å². The van der Waals surface area contributed by atoms with Gasteiger partial charge in [0, 0.05) is 25.7 Å². The van der Waals surface area contributed by atoms with Crippen molar-refractivity contribution < 1.29 is 9.15 Å². The molecule has 0 radical (unpaired) electrons. The first-order valence-electron chi connectivity index (χ1n) is 11.6. The predicted octanol–water partition coefficient (Wildman–Crippen LogP) is 4.05. The standard InChI is InChI=1S/C25H39N5O2/c1-18-19(2)31-23(29-18)17-30-13-11-20(12-14-30)15-27-24(26-6)28-16-21-9-7-8-10-22(21)32-25(3,4)5/h7-10,20H,11-17H2,1-6H3,(H2,26,27,28). The molecule has 2 heterocycles. The minimum absolute atomic E-state index is 0.227. The van der Waals surface area contributed by atoms with Gasteiger partial charge in [0.05, 0.1) is 12.2 Å². The Morgan fingerprint density at radius 2 is 1.91 bits per heavy atom. The van der Waals surface area contributed by atoms with Crippen molar-refractivity contribution in [3.8, 4) is 5.75 Å². The molecule has 7 nitrogen and oxygen atoms in total. The predicted molar refractivity (Wildman–Crippen MR) is 129 cm³/mol. The SMILES string of the molecule is CN=C(NCc1ccccc1OC(C)(C)C)NCC1CCN(Cc2nc(C)c(C)o2)CC1. The van der Waals surface area contributed by atoms with Crippen molar-refractivity contribution in [1.29, 1.82) is 0 Å². The summed E-state index contributed by atoms with van der Waals surface area (Å²) in [6, 6.07) is 8.16. The monoisotopic (exact) mass is 441 g/mol. The number of piperidine rings is 1. The number of hydrogen-bond acceptors (Lipinski definition) is 5. The molecule has 0 unspecified atom stereocenters. The molecule has 32 heavy (non-hydrogen) atoms. The van der Waals surface area contributed by atoms with E-state index >= 15 is 0 Å². The lowest BCUT2D eigenvalue weighted by molar-refractivity contribution is 0.129. The second kappa shape index (κ2) is 10.9. The Labute approximate surface area is 192 Å². The third-order valence-corrected chi connectivity index (χ3v) is 5.76. The molecular weight excluding hydrogens is 402 g/mol. The van der Waals surface area contributed by atoms with Crippen molar-refractivity contribution in [1.82, 2.24) is 20.5 Å². The Bertz CT molecular complexity index is 872. The summed E-state index contributed by atoms with van der Waals surface area (Å²) in [4.78, 5) is 11.3. The van der Waals surface area contributed by atoms with Gasteiger partial charge in [0.2, 0.25) is 5.89 Å². The highest BCUT2D eigenvalue weighted by Gasteiger charge is 2.21. The quantitative estimate of drug-likeness (QED) is 0.499. The third kappa shape index (κ3) is 7.26. The summed E-state index contributed by atoms with van der Waals surface area (Å²) in [5, 5.41) is 6.93. The number of guanidine groups is 1. The lowest BCUT2D eigenvalue weighted by atomic mass is 9.97. The van der Waals surface area contributed by atoms with Crippen molar-refractivity contribution in [3.05, 3.63) is 47.2 Å². The van der Waals surface area contributed by atoms with Crippen molar-refractivity contribution in [2.24, 2.45) is 10.9 Å². The summed E-state index contributed by atoms with van der Waals surface area (Å²) in [5.41, 5.74) is 1.89. The molecule has 176 valence electrons. The van der Waals surface area contributed by atoms with Gasteiger partial charge in [-0.15, -0.1) is 0 Å². The molecule has 1 aliphatic rings. The van der Waals surface area contributed by atoms with Crippen LogP contribution in [-0.4, -0.2) is 48.1 Å². The highest BCUT2D eigenvalue weighted by molar-refractivity contribution is 5.79. The molecule has 7 heteroatoms. The Morgan fingerprint density at radius 3 is 2.53 bits per heavy atom. The Kier molecular flexibility index (Phi) is 8.18. The van der Waals surface area contributed by atoms with E-state index in [0.717, 1.165) is 73.6 Å². The smallest absolute Gasteiger partial charge is 0.208 e. The fourth-order valence-corrected chi connectivity index (χ4v) is 3.87. The Balaban J connectivity index is 1.42. The van der Waals surface area contributed by atoms with Crippen LogP contribution >= 0.6 is 0 Å². The highest BCUT2D eigenvalue weighted by atomic mass is 16.5. The zero-order valence-corrected chi connectivity index (χ0v) is 20.5. The van der Waals surface area contributed by atoms with Crippen molar-refractivity contribution >= 4 is 5.96 Å². The summed E-state index contributed by atoms with van der Waals surface area (Å²) in [6.07, 6.45) is 2.32. The van der Waals surface area contributed by atoms with E-state index in [1.54, 1.807) is 0 Å². The van der Waals surface area contributed by atoms with Crippen LogP contribution in [0.4, 0.5) is 0 Å².